The van der Waals surface area contributed by atoms with Gasteiger partial charge in [-0.2, -0.15) is 0 Å². The fourth-order valence-corrected chi connectivity index (χ4v) is 2.29. The third-order valence-electron chi connectivity index (χ3n) is 3.40. The molecule has 0 unspecified atom stereocenters. The van der Waals surface area contributed by atoms with Crippen LogP contribution in [0.2, 0.25) is 5.02 Å². The summed E-state index contributed by atoms with van der Waals surface area (Å²) in [5.41, 5.74) is 2.11. The topological polar surface area (TPSA) is 61.4 Å². The largest absolute Gasteiger partial charge is 0.392 e. The lowest BCUT2D eigenvalue weighted by molar-refractivity contribution is -0.120. The monoisotopic (exact) mass is 336 g/mol. The zero-order valence-corrected chi connectivity index (χ0v) is 13.4. The molecule has 0 fully saturated rings. The summed E-state index contributed by atoms with van der Waals surface area (Å²) < 4.78 is 12.9. The van der Waals surface area contributed by atoms with Gasteiger partial charge < -0.3 is 15.7 Å². The molecule has 0 heterocycles. The Hall–Kier alpha value is -2.11. The molecule has 0 saturated carbocycles. The van der Waals surface area contributed by atoms with Crippen LogP contribution in [-0.2, 0) is 11.4 Å². The van der Waals surface area contributed by atoms with Crippen molar-refractivity contribution in [2.24, 2.45) is 0 Å². The van der Waals surface area contributed by atoms with E-state index in [2.05, 4.69) is 10.6 Å². The van der Waals surface area contributed by atoms with E-state index in [1.54, 1.807) is 30.3 Å². The molecule has 6 heteroatoms. The number of hydrogen-bond donors (Lipinski definition) is 3. The number of aliphatic hydroxyl groups is 1. The molecule has 1 amide bonds. The molecule has 3 N–H and O–H groups in total. The number of aliphatic hydroxyl groups excluding tert-OH is 1. The van der Waals surface area contributed by atoms with Gasteiger partial charge in [-0.1, -0.05) is 29.8 Å². The standard InChI is InChI=1S/C17H18ClFN2O2/c1-11(13-3-5-14(19)6-4-13)21-17(23)9-20-16-8-12(10-22)2-7-15(16)18/h2-8,11,20,22H,9-10H2,1H3,(H,21,23)/t11-/m1/s1. The maximum atomic E-state index is 12.9. The first-order chi connectivity index (χ1) is 11.0. The molecule has 122 valence electrons. The van der Waals surface area contributed by atoms with E-state index in [0.29, 0.717) is 16.3 Å². The van der Waals surface area contributed by atoms with Gasteiger partial charge in [0.15, 0.2) is 0 Å². The van der Waals surface area contributed by atoms with Gasteiger partial charge in [-0.3, -0.25) is 4.79 Å². The smallest absolute Gasteiger partial charge is 0.239 e. The number of nitrogens with one attached hydrogen (secondary N) is 2. The molecule has 1 atom stereocenters. The summed E-state index contributed by atoms with van der Waals surface area (Å²) in [5, 5.41) is 15.3. The van der Waals surface area contributed by atoms with E-state index in [1.807, 2.05) is 6.92 Å². The number of hydrogen-bond acceptors (Lipinski definition) is 3. The Morgan fingerprint density at radius 2 is 1.96 bits per heavy atom. The van der Waals surface area contributed by atoms with Gasteiger partial charge in [0.05, 0.1) is 29.9 Å². The van der Waals surface area contributed by atoms with Crippen LogP contribution in [0.5, 0.6) is 0 Å². The average Bonchev–Trinajstić information content (AvgIpc) is 2.54. The molecule has 23 heavy (non-hydrogen) atoms. The normalized spacial score (nSPS) is 11.8. The van der Waals surface area contributed by atoms with Crippen LogP contribution in [0.4, 0.5) is 10.1 Å². The van der Waals surface area contributed by atoms with Gasteiger partial charge in [0.1, 0.15) is 5.82 Å². The summed E-state index contributed by atoms with van der Waals surface area (Å²) in [4.78, 5) is 12.0. The summed E-state index contributed by atoms with van der Waals surface area (Å²) in [6.07, 6.45) is 0. The van der Waals surface area contributed by atoms with E-state index in [0.717, 1.165) is 5.56 Å². The summed E-state index contributed by atoms with van der Waals surface area (Å²) >= 11 is 6.04. The molecule has 0 aromatic heterocycles. The van der Waals surface area contributed by atoms with Crippen LogP contribution in [0.1, 0.15) is 24.1 Å². The summed E-state index contributed by atoms with van der Waals surface area (Å²) in [5.74, 6) is -0.528. The zero-order chi connectivity index (χ0) is 16.8. The minimum Gasteiger partial charge on any atom is -0.392 e. The van der Waals surface area contributed by atoms with Gasteiger partial charge in [0.2, 0.25) is 5.91 Å². The van der Waals surface area contributed by atoms with Gasteiger partial charge in [-0.25, -0.2) is 4.39 Å². The highest BCUT2D eigenvalue weighted by Crippen LogP contribution is 2.23. The van der Waals surface area contributed by atoms with Crippen molar-refractivity contribution in [1.82, 2.24) is 5.32 Å². The van der Waals surface area contributed by atoms with Crippen LogP contribution in [0.3, 0.4) is 0 Å². The van der Waals surface area contributed by atoms with Crippen LogP contribution in [0.25, 0.3) is 0 Å². The molecule has 0 bridgehead atoms. The number of carbonyl (C=O) groups is 1. The average molecular weight is 337 g/mol. The van der Waals surface area contributed by atoms with Gasteiger partial charge in [-0.15, -0.1) is 0 Å². The first kappa shape index (κ1) is 17.2. The summed E-state index contributed by atoms with van der Waals surface area (Å²) in [6.45, 7) is 1.77. The van der Waals surface area contributed by atoms with Crippen molar-refractivity contribution in [2.75, 3.05) is 11.9 Å². The summed E-state index contributed by atoms with van der Waals surface area (Å²) in [6, 6.07) is 10.8. The van der Waals surface area contributed by atoms with Crippen molar-refractivity contribution in [1.29, 1.82) is 0 Å². The Balaban J connectivity index is 1.91. The van der Waals surface area contributed by atoms with Crippen LogP contribution >= 0.6 is 11.6 Å². The summed E-state index contributed by atoms with van der Waals surface area (Å²) in [7, 11) is 0. The van der Waals surface area contributed by atoms with Crippen LogP contribution < -0.4 is 10.6 Å². The van der Waals surface area contributed by atoms with Crippen LogP contribution in [0, 0.1) is 5.82 Å². The maximum Gasteiger partial charge on any atom is 0.239 e. The number of halogens is 2. The predicted octanol–water partition coefficient (Wildman–Crippen LogP) is 3.26. The van der Waals surface area contributed by atoms with E-state index in [4.69, 9.17) is 16.7 Å². The van der Waals surface area contributed by atoms with E-state index in [1.165, 1.54) is 12.1 Å². The lowest BCUT2D eigenvalue weighted by Gasteiger charge is -2.15. The maximum absolute atomic E-state index is 12.9. The van der Waals surface area contributed by atoms with Gasteiger partial charge in [0, 0.05) is 0 Å². The fourth-order valence-electron chi connectivity index (χ4n) is 2.11. The van der Waals surface area contributed by atoms with E-state index < -0.39 is 0 Å². The van der Waals surface area contributed by atoms with Crippen molar-refractivity contribution in [3.8, 4) is 0 Å². The van der Waals surface area contributed by atoms with Crippen LogP contribution in [-0.4, -0.2) is 17.6 Å². The van der Waals surface area contributed by atoms with E-state index >= 15 is 0 Å². The molecule has 4 nitrogen and oxygen atoms in total. The van der Waals surface area contributed by atoms with Crippen molar-refractivity contribution >= 4 is 23.2 Å². The van der Waals surface area contributed by atoms with Crippen molar-refractivity contribution in [3.05, 3.63) is 64.4 Å². The molecule has 0 aliphatic carbocycles. The minimum absolute atomic E-state index is 0.0418. The van der Waals surface area contributed by atoms with Crippen molar-refractivity contribution < 1.29 is 14.3 Å². The molecule has 2 aromatic carbocycles. The lowest BCUT2D eigenvalue weighted by Crippen LogP contribution is -2.32. The second kappa shape index (κ2) is 7.94. The third-order valence-corrected chi connectivity index (χ3v) is 3.73. The van der Waals surface area contributed by atoms with Gasteiger partial charge in [-0.05, 0) is 42.3 Å². The lowest BCUT2D eigenvalue weighted by atomic mass is 10.1. The molecular weight excluding hydrogens is 319 g/mol. The van der Waals surface area contributed by atoms with E-state index in [9.17, 15) is 9.18 Å². The van der Waals surface area contributed by atoms with E-state index in [-0.39, 0.29) is 30.9 Å². The molecule has 2 rings (SSSR count). The first-order valence-electron chi connectivity index (χ1n) is 7.17. The highest BCUT2D eigenvalue weighted by molar-refractivity contribution is 6.33. The number of carbonyl (C=O) groups excluding carboxylic acids is 1. The number of amides is 1. The van der Waals surface area contributed by atoms with Crippen molar-refractivity contribution in [3.63, 3.8) is 0 Å². The second-order valence-electron chi connectivity index (χ2n) is 5.17. The molecule has 2 aromatic rings. The van der Waals surface area contributed by atoms with Crippen LogP contribution in [0.15, 0.2) is 42.5 Å². The predicted molar refractivity (Wildman–Crippen MR) is 88.8 cm³/mol. The minimum atomic E-state index is -0.313. The Kier molecular flexibility index (Phi) is 5.96. The molecule has 0 spiro atoms. The number of benzene rings is 2. The Labute approximate surface area is 139 Å². The zero-order valence-electron chi connectivity index (χ0n) is 12.6. The first-order valence-corrected chi connectivity index (χ1v) is 7.55. The Morgan fingerprint density at radius 3 is 2.61 bits per heavy atom. The molecule has 0 aliphatic heterocycles. The SMILES string of the molecule is C[C@@H](NC(=O)CNc1cc(CO)ccc1Cl)c1ccc(F)cc1. The molecule has 0 saturated heterocycles. The highest BCUT2D eigenvalue weighted by atomic mass is 35.5. The Bertz CT molecular complexity index is 677. The fraction of sp³-hybridized carbons (Fsp3) is 0.235. The third kappa shape index (κ3) is 4.94. The molecular formula is C17H18ClFN2O2. The molecule has 0 radical (unpaired) electrons. The van der Waals surface area contributed by atoms with Gasteiger partial charge >= 0.3 is 0 Å². The quantitative estimate of drug-likeness (QED) is 0.758. The highest BCUT2D eigenvalue weighted by Gasteiger charge is 2.10. The Morgan fingerprint density at radius 1 is 1.26 bits per heavy atom. The van der Waals surface area contributed by atoms with Gasteiger partial charge in [0.25, 0.3) is 0 Å². The number of anilines is 1. The number of rotatable bonds is 6. The second-order valence-corrected chi connectivity index (χ2v) is 5.57. The van der Waals surface area contributed by atoms with Crippen molar-refractivity contribution in [2.45, 2.75) is 19.6 Å². The molecule has 0 aliphatic rings.